The quantitative estimate of drug-likeness (QED) is 0.605. The molecule has 0 fully saturated rings. The second-order valence-corrected chi connectivity index (χ2v) is 5.30. The first-order chi connectivity index (χ1) is 9.92. The molecule has 4 nitrogen and oxygen atoms in total. The fourth-order valence-corrected chi connectivity index (χ4v) is 2.66. The summed E-state index contributed by atoms with van der Waals surface area (Å²) < 4.78 is 5.23. The number of unbranched alkanes of at least 4 members (excludes halogenated alkanes) is 1. The Labute approximate surface area is 126 Å². The highest BCUT2D eigenvalue weighted by atomic mass is 16.5. The van der Waals surface area contributed by atoms with Crippen LogP contribution < -0.4 is 4.74 Å². The van der Waals surface area contributed by atoms with E-state index in [-0.39, 0.29) is 11.9 Å². The van der Waals surface area contributed by atoms with Crippen molar-refractivity contribution in [2.45, 2.75) is 59.3 Å². The van der Waals surface area contributed by atoms with Crippen LogP contribution >= 0.6 is 0 Å². The minimum Gasteiger partial charge on any atom is -0.478 e. The summed E-state index contributed by atoms with van der Waals surface area (Å²) in [5, 5.41) is 9.42. The third-order valence-corrected chi connectivity index (χ3v) is 3.64. The van der Waals surface area contributed by atoms with E-state index >= 15 is 0 Å². The van der Waals surface area contributed by atoms with Crippen molar-refractivity contribution in [1.29, 1.82) is 0 Å². The van der Waals surface area contributed by atoms with Crippen LogP contribution in [0.4, 0.5) is 0 Å². The van der Waals surface area contributed by atoms with Crippen molar-refractivity contribution in [1.82, 2.24) is 0 Å². The molecule has 0 aliphatic rings. The zero-order valence-corrected chi connectivity index (χ0v) is 13.2. The average Bonchev–Trinajstić information content (AvgIpc) is 2.43. The van der Waals surface area contributed by atoms with Crippen LogP contribution in [-0.2, 0) is 11.2 Å². The van der Waals surface area contributed by atoms with Gasteiger partial charge < -0.3 is 9.84 Å². The van der Waals surface area contributed by atoms with E-state index < -0.39 is 5.97 Å². The van der Waals surface area contributed by atoms with Gasteiger partial charge in [-0.2, -0.15) is 0 Å². The summed E-state index contributed by atoms with van der Waals surface area (Å²) in [6, 6.07) is 3.12. The van der Waals surface area contributed by atoms with Crippen molar-refractivity contribution in [2.75, 3.05) is 0 Å². The number of hydrogen-bond donors (Lipinski definition) is 1. The Morgan fingerprint density at radius 2 is 1.95 bits per heavy atom. The number of carbonyl (C=O) groups is 2. The first-order valence-corrected chi connectivity index (χ1v) is 7.49. The molecule has 21 heavy (non-hydrogen) atoms. The van der Waals surface area contributed by atoms with Crippen LogP contribution in [0.25, 0.3) is 0 Å². The maximum Gasteiger partial charge on any atom is 0.335 e. The SMILES string of the molecule is CCCCC(C)c1c(C(=O)O)ccc(OC(C)=O)c1CC. The minimum atomic E-state index is -0.933. The summed E-state index contributed by atoms with van der Waals surface area (Å²) >= 11 is 0. The van der Waals surface area contributed by atoms with Gasteiger partial charge >= 0.3 is 11.9 Å². The third-order valence-electron chi connectivity index (χ3n) is 3.64. The predicted octanol–water partition coefficient (Wildman–Crippen LogP) is 4.17. The van der Waals surface area contributed by atoms with Crippen molar-refractivity contribution in [3.8, 4) is 5.75 Å². The molecule has 0 saturated heterocycles. The average molecular weight is 292 g/mol. The molecule has 1 aromatic carbocycles. The third kappa shape index (κ3) is 4.31. The van der Waals surface area contributed by atoms with Crippen LogP contribution in [0.15, 0.2) is 12.1 Å². The molecule has 0 aliphatic heterocycles. The van der Waals surface area contributed by atoms with E-state index in [1.54, 1.807) is 6.07 Å². The van der Waals surface area contributed by atoms with Crippen LogP contribution in [0.5, 0.6) is 5.75 Å². The zero-order chi connectivity index (χ0) is 16.0. The van der Waals surface area contributed by atoms with Crippen molar-refractivity contribution in [2.24, 2.45) is 0 Å². The van der Waals surface area contributed by atoms with E-state index in [2.05, 4.69) is 6.92 Å². The van der Waals surface area contributed by atoms with Gasteiger partial charge in [0.25, 0.3) is 0 Å². The second-order valence-electron chi connectivity index (χ2n) is 5.30. The minimum absolute atomic E-state index is 0.126. The standard InChI is InChI=1S/C17H24O4/c1-5-7-8-11(3)16-13(6-2)15(21-12(4)18)10-9-14(16)17(19)20/h9-11H,5-8H2,1-4H3,(H,19,20). The molecule has 0 spiro atoms. The Kier molecular flexibility index (Phi) is 6.40. The number of aromatic carboxylic acids is 1. The maximum absolute atomic E-state index is 11.5. The van der Waals surface area contributed by atoms with Crippen LogP contribution in [0.2, 0.25) is 0 Å². The van der Waals surface area contributed by atoms with Crippen molar-refractivity contribution in [3.63, 3.8) is 0 Å². The molecular weight excluding hydrogens is 268 g/mol. The smallest absolute Gasteiger partial charge is 0.335 e. The molecule has 0 aliphatic carbocycles. The second kappa shape index (κ2) is 7.81. The molecule has 0 amide bonds. The van der Waals surface area contributed by atoms with Crippen molar-refractivity contribution >= 4 is 11.9 Å². The van der Waals surface area contributed by atoms with E-state index in [1.165, 1.54) is 13.0 Å². The largest absolute Gasteiger partial charge is 0.478 e. The highest BCUT2D eigenvalue weighted by Gasteiger charge is 2.22. The number of carbonyl (C=O) groups excluding carboxylic acids is 1. The van der Waals surface area contributed by atoms with Gasteiger partial charge in [0, 0.05) is 6.92 Å². The first kappa shape index (κ1) is 17.2. The molecule has 1 aromatic rings. The van der Waals surface area contributed by atoms with Crippen LogP contribution in [0, 0.1) is 0 Å². The topological polar surface area (TPSA) is 63.6 Å². The molecular formula is C17H24O4. The van der Waals surface area contributed by atoms with Crippen LogP contribution in [0.1, 0.15) is 74.4 Å². The Morgan fingerprint density at radius 1 is 1.29 bits per heavy atom. The van der Waals surface area contributed by atoms with Crippen LogP contribution in [-0.4, -0.2) is 17.0 Å². The lowest BCUT2D eigenvalue weighted by atomic mass is 9.86. The van der Waals surface area contributed by atoms with Gasteiger partial charge in [0.05, 0.1) is 5.56 Å². The Bertz CT molecular complexity index is 520. The summed E-state index contributed by atoms with van der Waals surface area (Å²) in [6.45, 7) is 7.45. The maximum atomic E-state index is 11.5. The zero-order valence-electron chi connectivity index (χ0n) is 13.2. The summed E-state index contributed by atoms with van der Waals surface area (Å²) in [7, 11) is 0. The van der Waals surface area contributed by atoms with Gasteiger partial charge in [-0.3, -0.25) is 4.79 Å². The summed E-state index contributed by atoms with van der Waals surface area (Å²) in [6.07, 6.45) is 3.67. The number of esters is 1. The fourth-order valence-electron chi connectivity index (χ4n) is 2.66. The number of benzene rings is 1. The predicted molar refractivity (Wildman–Crippen MR) is 82.0 cm³/mol. The van der Waals surface area contributed by atoms with Crippen LogP contribution in [0.3, 0.4) is 0 Å². The molecule has 1 atom stereocenters. The number of carboxylic acids is 1. The monoisotopic (exact) mass is 292 g/mol. The van der Waals surface area contributed by atoms with E-state index in [1.807, 2.05) is 13.8 Å². The molecule has 4 heteroatoms. The molecule has 0 radical (unpaired) electrons. The van der Waals surface area contributed by atoms with Gasteiger partial charge in [0.2, 0.25) is 0 Å². The van der Waals surface area contributed by atoms with E-state index in [9.17, 15) is 14.7 Å². The van der Waals surface area contributed by atoms with E-state index in [4.69, 9.17) is 4.74 Å². The molecule has 0 aromatic heterocycles. The lowest BCUT2D eigenvalue weighted by Crippen LogP contribution is -2.12. The fraction of sp³-hybridized carbons (Fsp3) is 0.529. The first-order valence-electron chi connectivity index (χ1n) is 7.49. The van der Waals surface area contributed by atoms with Gasteiger partial charge in [0.15, 0.2) is 0 Å². The normalized spacial score (nSPS) is 12.0. The van der Waals surface area contributed by atoms with E-state index in [0.717, 1.165) is 30.4 Å². The number of ether oxygens (including phenoxy) is 1. The summed E-state index contributed by atoms with van der Waals surface area (Å²) in [4.78, 5) is 22.7. The summed E-state index contributed by atoms with van der Waals surface area (Å²) in [5.41, 5.74) is 1.94. The van der Waals surface area contributed by atoms with Gasteiger partial charge in [-0.15, -0.1) is 0 Å². The molecule has 0 heterocycles. The van der Waals surface area contributed by atoms with Gasteiger partial charge in [-0.25, -0.2) is 4.79 Å². The van der Waals surface area contributed by atoms with Gasteiger partial charge in [-0.05, 0) is 42.0 Å². The molecule has 0 saturated carbocycles. The van der Waals surface area contributed by atoms with E-state index in [0.29, 0.717) is 17.7 Å². The van der Waals surface area contributed by atoms with Gasteiger partial charge in [0.1, 0.15) is 5.75 Å². The van der Waals surface area contributed by atoms with Crippen molar-refractivity contribution in [3.05, 3.63) is 28.8 Å². The molecule has 1 rings (SSSR count). The highest BCUT2D eigenvalue weighted by Crippen LogP contribution is 2.34. The summed E-state index contributed by atoms with van der Waals surface area (Å²) in [5.74, 6) is -0.716. The highest BCUT2D eigenvalue weighted by molar-refractivity contribution is 5.90. The Morgan fingerprint density at radius 3 is 2.43 bits per heavy atom. The Balaban J connectivity index is 3.37. The van der Waals surface area contributed by atoms with Crippen molar-refractivity contribution < 1.29 is 19.4 Å². The molecule has 116 valence electrons. The molecule has 1 N–H and O–H groups in total. The lowest BCUT2D eigenvalue weighted by molar-refractivity contribution is -0.131. The number of hydrogen-bond acceptors (Lipinski definition) is 3. The number of rotatable bonds is 7. The number of carboxylic acid groups (broad SMARTS) is 1. The Hall–Kier alpha value is -1.84. The molecule has 0 bridgehead atoms. The van der Waals surface area contributed by atoms with Gasteiger partial charge in [-0.1, -0.05) is 33.6 Å². The lowest BCUT2D eigenvalue weighted by Gasteiger charge is -2.20. The molecule has 1 unspecified atom stereocenters.